The van der Waals surface area contributed by atoms with Crippen LogP contribution in [0.3, 0.4) is 0 Å². The Morgan fingerprint density at radius 3 is 1.37 bits per heavy atom. The smallest absolute Gasteiger partial charge is 0.0726 e. The van der Waals surface area contributed by atoms with Gasteiger partial charge in [-0.15, -0.1) is 0 Å². The molecule has 0 saturated heterocycles. The summed E-state index contributed by atoms with van der Waals surface area (Å²) in [5, 5.41) is 0. The van der Waals surface area contributed by atoms with E-state index in [4.69, 9.17) is 0 Å². The fourth-order valence-corrected chi connectivity index (χ4v) is 15.8. The molecule has 1 spiro atoms. The van der Waals surface area contributed by atoms with Gasteiger partial charge in [0.15, 0.2) is 0 Å². The van der Waals surface area contributed by atoms with E-state index < -0.39 is 5.41 Å². The molecule has 0 heterocycles. The second-order valence-corrected chi connectivity index (χ2v) is 25.6. The summed E-state index contributed by atoms with van der Waals surface area (Å²) >= 11 is 0. The number of anilines is 3. The van der Waals surface area contributed by atoms with E-state index in [9.17, 15) is 0 Å². The van der Waals surface area contributed by atoms with Crippen LogP contribution in [0, 0.1) is 17.8 Å². The zero-order chi connectivity index (χ0) is 48.4. The normalized spacial score (nSPS) is 22.2. The molecule has 15 rings (SSSR count). The molecule has 8 aromatic rings. The fraction of sp³-hybridized carbons (Fsp3) is 0.314. The fourth-order valence-electron chi connectivity index (χ4n) is 15.8. The third-order valence-electron chi connectivity index (χ3n) is 19.0. The molecule has 0 N–H and O–H groups in total. The summed E-state index contributed by atoms with van der Waals surface area (Å²) in [5.41, 5.74) is 26.6. The summed E-state index contributed by atoms with van der Waals surface area (Å²) in [6, 6.07) is 67.1. The van der Waals surface area contributed by atoms with Crippen molar-refractivity contribution in [3.63, 3.8) is 0 Å². The van der Waals surface area contributed by atoms with Crippen molar-refractivity contribution in [2.24, 2.45) is 17.8 Å². The Bertz CT molecular complexity index is 3390. The first-order valence-corrected chi connectivity index (χ1v) is 26.9. The summed E-state index contributed by atoms with van der Waals surface area (Å²) < 4.78 is 0. The first-order chi connectivity index (χ1) is 34.1. The maximum Gasteiger partial charge on any atom is 0.0726 e. The van der Waals surface area contributed by atoms with Crippen LogP contribution in [0.25, 0.3) is 44.5 Å². The molecule has 0 radical (unpaired) electrons. The third kappa shape index (κ3) is 6.23. The lowest BCUT2D eigenvalue weighted by Crippen LogP contribution is -2.48. The third-order valence-corrected chi connectivity index (χ3v) is 19.0. The zero-order valence-electron chi connectivity index (χ0n) is 43.1. The second kappa shape index (κ2) is 14.8. The van der Waals surface area contributed by atoms with Crippen LogP contribution >= 0.6 is 0 Å². The molecule has 4 fully saturated rings. The Hall–Kier alpha value is -6.44. The van der Waals surface area contributed by atoms with E-state index >= 15 is 0 Å². The van der Waals surface area contributed by atoms with Gasteiger partial charge < -0.3 is 4.90 Å². The maximum absolute atomic E-state index is 2.57. The summed E-state index contributed by atoms with van der Waals surface area (Å²) in [5.74, 6) is 2.84. The van der Waals surface area contributed by atoms with Crippen molar-refractivity contribution in [1.82, 2.24) is 0 Å². The van der Waals surface area contributed by atoms with Gasteiger partial charge >= 0.3 is 0 Å². The van der Waals surface area contributed by atoms with Crippen molar-refractivity contribution in [3.05, 3.63) is 220 Å². The van der Waals surface area contributed by atoms with E-state index in [-0.39, 0.29) is 16.2 Å². The minimum atomic E-state index is -0.492. The van der Waals surface area contributed by atoms with Gasteiger partial charge in [-0.25, -0.2) is 0 Å². The predicted octanol–water partition coefficient (Wildman–Crippen LogP) is 18.5. The van der Waals surface area contributed by atoms with Crippen molar-refractivity contribution in [2.75, 3.05) is 4.90 Å². The summed E-state index contributed by atoms with van der Waals surface area (Å²) in [7, 11) is 0. The molecule has 4 bridgehead atoms. The van der Waals surface area contributed by atoms with Gasteiger partial charge in [-0.2, -0.15) is 0 Å². The number of benzene rings is 8. The molecule has 0 aliphatic heterocycles. The largest absolute Gasteiger partial charge is 0.310 e. The van der Waals surface area contributed by atoms with Crippen molar-refractivity contribution < 1.29 is 0 Å². The van der Waals surface area contributed by atoms with Gasteiger partial charge in [0.2, 0.25) is 0 Å². The van der Waals surface area contributed by atoms with E-state index in [1.165, 1.54) is 139 Å². The van der Waals surface area contributed by atoms with Crippen molar-refractivity contribution in [3.8, 4) is 44.5 Å². The highest BCUT2D eigenvalue weighted by molar-refractivity contribution is 5.97. The van der Waals surface area contributed by atoms with E-state index in [1.54, 1.807) is 5.56 Å². The van der Waals surface area contributed by atoms with Crippen molar-refractivity contribution in [1.29, 1.82) is 0 Å². The van der Waals surface area contributed by atoms with Crippen LogP contribution in [0.4, 0.5) is 17.1 Å². The first-order valence-electron chi connectivity index (χ1n) is 26.9. The lowest BCUT2D eigenvalue weighted by atomic mass is 9.48. The Morgan fingerprint density at radius 2 is 0.803 bits per heavy atom. The molecular weight excluding hydrogens is 855 g/mol. The Kier molecular flexibility index (Phi) is 9.05. The van der Waals surface area contributed by atoms with Gasteiger partial charge in [0.25, 0.3) is 0 Å². The van der Waals surface area contributed by atoms with Crippen LogP contribution < -0.4 is 4.90 Å². The minimum Gasteiger partial charge on any atom is -0.310 e. The molecule has 0 amide bonds. The summed E-state index contributed by atoms with van der Waals surface area (Å²) in [6.45, 7) is 18.9. The first kappa shape index (κ1) is 43.4. The molecule has 71 heavy (non-hydrogen) atoms. The molecule has 7 aliphatic carbocycles. The molecule has 0 unspecified atom stereocenters. The monoisotopic (exact) mass is 922 g/mol. The van der Waals surface area contributed by atoms with Gasteiger partial charge in [0, 0.05) is 22.5 Å². The Labute approximate surface area is 423 Å². The maximum atomic E-state index is 2.57. The van der Waals surface area contributed by atoms with Crippen LogP contribution in [0.2, 0.25) is 0 Å². The van der Waals surface area contributed by atoms with E-state index in [0.29, 0.717) is 5.41 Å². The van der Waals surface area contributed by atoms with Crippen molar-refractivity contribution in [2.45, 2.75) is 121 Å². The van der Waals surface area contributed by atoms with Gasteiger partial charge in [-0.05, 0) is 204 Å². The second-order valence-electron chi connectivity index (χ2n) is 25.6. The Balaban J connectivity index is 0.945. The standard InChI is InChI=1S/C70H67N/c1-66(2,3)49-23-29-56-57-30-24-50(67(4,5)6)37-64(57)70(63(56)36-49)62-16-12-10-13-54(62)58-31-27-53(39-65(58)70)71(52-28-32-61-59(38-52)55-14-9-11-15-60(55)68(61,7)8)51-25-19-47(20-26-51)46-17-21-48(22-18-46)69-40-43-33-44(41-69)35-45(34-43)42-69/h9-32,36-39,43-45H,33-35,40-42H2,1-8H3. The topological polar surface area (TPSA) is 3.24 Å². The van der Waals surface area contributed by atoms with Gasteiger partial charge in [0.1, 0.15) is 0 Å². The Morgan fingerprint density at radius 1 is 0.380 bits per heavy atom. The molecule has 352 valence electrons. The number of rotatable bonds is 5. The minimum absolute atomic E-state index is 0.00937. The van der Waals surface area contributed by atoms with E-state index in [0.717, 1.165) is 23.4 Å². The molecule has 8 aromatic carbocycles. The predicted molar refractivity (Wildman–Crippen MR) is 298 cm³/mol. The van der Waals surface area contributed by atoms with Crippen LogP contribution in [-0.4, -0.2) is 0 Å². The molecule has 7 aliphatic rings. The molecule has 0 atom stereocenters. The number of hydrogen-bond donors (Lipinski definition) is 0. The average molecular weight is 922 g/mol. The highest BCUT2D eigenvalue weighted by Gasteiger charge is 2.54. The molecular formula is C70H67N. The highest BCUT2D eigenvalue weighted by Crippen LogP contribution is 2.65. The highest BCUT2D eigenvalue weighted by atomic mass is 15.1. The van der Waals surface area contributed by atoms with Crippen LogP contribution in [-0.2, 0) is 27.1 Å². The number of fused-ring (bicyclic) bond motifs is 13. The molecule has 1 heteroatoms. The molecule has 4 saturated carbocycles. The van der Waals surface area contributed by atoms with Gasteiger partial charge in [-0.3, -0.25) is 0 Å². The summed E-state index contributed by atoms with van der Waals surface area (Å²) in [6.07, 6.45) is 8.65. The van der Waals surface area contributed by atoms with E-state index in [2.05, 4.69) is 230 Å². The lowest BCUT2D eigenvalue weighted by Gasteiger charge is -2.57. The summed E-state index contributed by atoms with van der Waals surface area (Å²) in [4.78, 5) is 2.54. The molecule has 0 aromatic heterocycles. The number of hydrogen-bond acceptors (Lipinski definition) is 1. The van der Waals surface area contributed by atoms with Crippen LogP contribution in [0.5, 0.6) is 0 Å². The van der Waals surface area contributed by atoms with Crippen LogP contribution in [0.15, 0.2) is 170 Å². The van der Waals surface area contributed by atoms with Gasteiger partial charge in [-0.1, -0.05) is 189 Å². The van der Waals surface area contributed by atoms with E-state index in [1.807, 2.05) is 0 Å². The van der Waals surface area contributed by atoms with Crippen LogP contribution in [0.1, 0.15) is 144 Å². The quantitative estimate of drug-likeness (QED) is 0.166. The van der Waals surface area contributed by atoms with Gasteiger partial charge in [0.05, 0.1) is 5.41 Å². The SMILES string of the molecule is CC(C)(C)c1ccc2c(c1)C1(c3ccccc3-c3ccc(N(c4ccc(-c5ccc(C67CC8CC(CC(C8)C6)C7)cc5)cc4)c4ccc5c(c4)-c4ccccc4C5(C)C)cc31)c1cc(C(C)(C)C)ccc1-2. The van der Waals surface area contributed by atoms with Crippen molar-refractivity contribution >= 4 is 17.1 Å². The number of nitrogens with zero attached hydrogens (tertiary/aromatic N) is 1. The lowest BCUT2D eigenvalue weighted by molar-refractivity contribution is -0.00518. The average Bonchev–Trinajstić information content (AvgIpc) is 3.91. The molecule has 1 nitrogen and oxygen atoms in total. The zero-order valence-corrected chi connectivity index (χ0v) is 43.1.